The van der Waals surface area contributed by atoms with Crippen molar-refractivity contribution in [2.75, 3.05) is 0 Å². The van der Waals surface area contributed by atoms with E-state index in [1.165, 1.54) is 6.08 Å². The van der Waals surface area contributed by atoms with Gasteiger partial charge in [-0.25, -0.2) is 4.52 Å². The lowest BCUT2D eigenvalue weighted by molar-refractivity contribution is -0.104. The van der Waals surface area contributed by atoms with Crippen molar-refractivity contribution in [3.8, 4) is 0 Å². The number of pyridine rings is 1. The van der Waals surface area contributed by atoms with Crippen LogP contribution < -0.4 is 0 Å². The average Bonchev–Trinajstić information content (AvgIpc) is 2.90. The van der Waals surface area contributed by atoms with Crippen LogP contribution in [0.4, 0.5) is 0 Å². The number of fused-ring (bicyclic) bond motifs is 1. The van der Waals surface area contributed by atoms with Crippen molar-refractivity contribution in [2.24, 2.45) is 0 Å². The van der Waals surface area contributed by atoms with Gasteiger partial charge in [0.25, 0.3) is 0 Å². The Bertz CT molecular complexity index is 739. The minimum atomic E-state index is 0.746. The lowest BCUT2D eigenvalue weighted by atomic mass is 10.1. The van der Waals surface area contributed by atoms with Crippen LogP contribution in [0.25, 0.3) is 17.2 Å². The number of allylic oxidation sites excluding steroid dienone is 5. The van der Waals surface area contributed by atoms with Gasteiger partial charge in [-0.1, -0.05) is 61.2 Å². The van der Waals surface area contributed by atoms with Crippen molar-refractivity contribution in [3.63, 3.8) is 0 Å². The molecular weight excluding hydrogens is 340 g/mol. The van der Waals surface area contributed by atoms with Gasteiger partial charge in [0.05, 0.1) is 5.52 Å². The van der Waals surface area contributed by atoms with Crippen LogP contribution in [0, 0.1) is 0 Å². The Morgan fingerprint density at radius 2 is 2.09 bits per heavy atom. The van der Waals surface area contributed by atoms with Crippen LogP contribution in [0.1, 0.15) is 25.1 Å². The molecule has 0 fully saturated rings. The molecule has 0 aliphatic rings. The fourth-order valence-electron chi connectivity index (χ4n) is 1.92. The molecule has 3 nitrogen and oxygen atoms in total. The number of rotatable bonds is 5. The molecule has 0 aromatic carbocycles. The first-order valence-electron chi connectivity index (χ1n) is 6.96. The molecule has 2 aromatic heterocycles. The van der Waals surface area contributed by atoms with E-state index in [2.05, 4.69) is 34.2 Å². The summed E-state index contributed by atoms with van der Waals surface area (Å²) in [5, 5.41) is 4.54. The minimum Gasteiger partial charge on any atom is -0.299 e. The standard InChI is InChI=1S/C16H13BrN2O.C2H6/c1-3-6-12(4-2)16-14(7-5-10-20)15-11-13(17)8-9-19(15)18-16;1-2/h3-11H,1-2H2;1-2H3/b7-5+,12-6+;. The van der Waals surface area contributed by atoms with E-state index in [0.29, 0.717) is 0 Å². The molecule has 0 aliphatic heterocycles. The summed E-state index contributed by atoms with van der Waals surface area (Å²) in [6.45, 7) is 11.5. The maximum atomic E-state index is 10.6. The highest BCUT2D eigenvalue weighted by Gasteiger charge is 2.12. The fourth-order valence-corrected chi connectivity index (χ4v) is 2.26. The smallest absolute Gasteiger partial charge is 0.142 e. The summed E-state index contributed by atoms with van der Waals surface area (Å²) < 4.78 is 2.72. The maximum Gasteiger partial charge on any atom is 0.142 e. The van der Waals surface area contributed by atoms with E-state index in [1.54, 1.807) is 22.7 Å². The van der Waals surface area contributed by atoms with Crippen molar-refractivity contribution < 1.29 is 4.79 Å². The molecule has 0 saturated carbocycles. The molecule has 2 aromatic rings. The van der Waals surface area contributed by atoms with Crippen LogP contribution in [0.15, 0.2) is 60.3 Å². The van der Waals surface area contributed by atoms with Crippen molar-refractivity contribution in [2.45, 2.75) is 13.8 Å². The van der Waals surface area contributed by atoms with Gasteiger partial charge in [0, 0.05) is 21.8 Å². The van der Waals surface area contributed by atoms with Crippen LogP contribution in [-0.2, 0) is 4.79 Å². The molecule has 2 heterocycles. The molecule has 22 heavy (non-hydrogen) atoms. The fraction of sp³-hybridized carbons (Fsp3) is 0.111. The van der Waals surface area contributed by atoms with Gasteiger partial charge in [-0.15, -0.1) is 0 Å². The molecule has 0 unspecified atom stereocenters. The highest BCUT2D eigenvalue weighted by atomic mass is 79.9. The molecule has 0 radical (unpaired) electrons. The van der Waals surface area contributed by atoms with Crippen LogP contribution in [0.2, 0.25) is 0 Å². The lowest BCUT2D eigenvalue weighted by Gasteiger charge is -1.98. The van der Waals surface area contributed by atoms with E-state index in [-0.39, 0.29) is 0 Å². The Kier molecular flexibility index (Phi) is 7.26. The number of aldehydes is 1. The highest BCUT2D eigenvalue weighted by molar-refractivity contribution is 9.10. The van der Waals surface area contributed by atoms with Crippen molar-refractivity contribution in [1.29, 1.82) is 0 Å². The lowest BCUT2D eigenvalue weighted by Crippen LogP contribution is -1.87. The van der Waals surface area contributed by atoms with Gasteiger partial charge < -0.3 is 0 Å². The molecule has 0 saturated heterocycles. The van der Waals surface area contributed by atoms with Crippen LogP contribution in [0.5, 0.6) is 0 Å². The van der Waals surface area contributed by atoms with Crippen molar-refractivity contribution in [1.82, 2.24) is 9.61 Å². The first-order valence-corrected chi connectivity index (χ1v) is 7.75. The number of carbonyl (C=O) groups is 1. The summed E-state index contributed by atoms with van der Waals surface area (Å²) in [6.07, 6.45) is 11.0. The predicted molar refractivity (Wildman–Crippen MR) is 97.7 cm³/mol. The van der Waals surface area contributed by atoms with Gasteiger partial charge in [-0.2, -0.15) is 5.10 Å². The zero-order valence-corrected chi connectivity index (χ0v) is 14.4. The Morgan fingerprint density at radius 3 is 2.68 bits per heavy atom. The molecule has 114 valence electrons. The van der Waals surface area contributed by atoms with Gasteiger partial charge in [-0.05, 0) is 24.3 Å². The van der Waals surface area contributed by atoms with E-state index < -0.39 is 0 Å². The zero-order chi connectivity index (χ0) is 16.5. The van der Waals surface area contributed by atoms with E-state index in [1.807, 2.05) is 38.3 Å². The second kappa shape index (κ2) is 8.95. The van der Waals surface area contributed by atoms with E-state index in [4.69, 9.17) is 0 Å². The summed E-state index contributed by atoms with van der Waals surface area (Å²) >= 11 is 3.44. The molecule has 0 amide bonds. The Hall–Kier alpha value is -2.20. The first-order chi connectivity index (χ1) is 10.7. The summed E-state index contributed by atoms with van der Waals surface area (Å²) in [4.78, 5) is 10.6. The van der Waals surface area contributed by atoms with Crippen LogP contribution in [-0.4, -0.2) is 15.9 Å². The summed E-state index contributed by atoms with van der Waals surface area (Å²) in [6, 6.07) is 3.86. The maximum absolute atomic E-state index is 10.6. The van der Waals surface area contributed by atoms with Gasteiger partial charge in [-0.3, -0.25) is 4.79 Å². The zero-order valence-electron chi connectivity index (χ0n) is 12.8. The molecule has 4 heteroatoms. The monoisotopic (exact) mass is 358 g/mol. The first kappa shape index (κ1) is 17.9. The summed E-state index contributed by atoms with van der Waals surface area (Å²) in [5.41, 5.74) is 3.39. The Morgan fingerprint density at radius 1 is 1.36 bits per heavy atom. The largest absolute Gasteiger partial charge is 0.299 e. The van der Waals surface area contributed by atoms with Gasteiger partial charge in [0.2, 0.25) is 0 Å². The number of hydrogen-bond donors (Lipinski definition) is 0. The average molecular weight is 359 g/mol. The summed E-state index contributed by atoms with van der Waals surface area (Å²) in [5.74, 6) is 0. The van der Waals surface area contributed by atoms with Crippen molar-refractivity contribution in [3.05, 3.63) is 71.5 Å². The highest BCUT2D eigenvalue weighted by Crippen LogP contribution is 2.26. The number of aromatic nitrogens is 2. The van der Waals surface area contributed by atoms with E-state index >= 15 is 0 Å². The third-order valence-corrected chi connectivity index (χ3v) is 3.26. The second-order valence-corrected chi connectivity index (χ2v) is 4.91. The molecule has 0 spiro atoms. The Balaban J connectivity index is 0.00000116. The third-order valence-electron chi connectivity index (χ3n) is 2.77. The normalized spacial score (nSPS) is 11.1. The minimum absolute atomic E-state index is 0.746. The van der Waals surface area contributed by atoms with Gasteiger partial charge >= 0.3 is 0 Å². The molecule has 0 atom stereocenters. The quantitative estimate of drug-likeness (QED) is 0.423. The number of nitrogens with zero attached hydrogens (tertiary/aromatic N) is 2. The predicted octanol–water partition coefficient (Wildman–Crippen LogP) is 5.09. The molecule has 0 bridgehead atoms. The topological polar surface area (TPSA) is 34.4 Å². The SMILES string of the molecule is C=C/C=C(\C=C)c1nn2ccc(Br)cc2c1/C=C/C=O.CC. The van der Waals surface area contributed by atoms with Crippen LogP contribution in [0.3, 0.4) is 0 Å². The third kappa shape index (κ3) is 3.92. The van der Waals surface area contributed by atoms with E-state index in [0.717, 1.165) is 33.1 Å². The number of halogens is 1. The molecular formula is C18H19BrN2O. The number of carbonyl (C=O) groups excluding carboxylic acids is 1. The van der Waals surface area contributed by atoms with Crippen molar-refractivity contribution >= 4 is 39.4 Å². The Labute approximate surface area is 139 Å². The molecule has 0 aliphatic carbocycles. The van der Waals surface area contributed by atoms with E-state index in [9.17, 15) is 4.79 Å². The molecule has 2 rings (SSSR count). The van der Waals surface area contributed by atoms with Gasteiger partial charge in [0.1, 0.15) is 12.0 Å². The second-order valence-electron chi connectivity index (χ2n) is 3.99. The number of hydrogen-bond acceptors (Lipinski definition) is 2. The van der Waals surface area contributed by atoms with Crippen LogP contribution >= 0.6 is 15.9 Å². The van der Waals surface area contributed by atoms with Gasteiger partial charge in [0.15, 0.2) is 0 Å². The molecule has 0 N–H and O–H groups in total. The summed E-state index contributed by atoms with van der Waals surface area (Å²) in [7, 11) is 0.